The van der Waals surface area contributed by atoms with Gasteiger partial charge in [0.1, 0.15) is 11.5 Å². The second kappa shape index (κ2) is 7.01. The van der Waals surface area contributed by atoms with Gasteiger partial charge in [-0.2, -0.15) is 0 Å². The van der Waals surface area contributed by atoms with Crippen molar-refractivity contribution in [3.63, 3.8) is 0 Å². The summed E-state index contributed by atoms with van der Waals surface area (Å²) in [5.41, 5.74) is 6.72. The standard InChI is InChI=1S/C15H10ClF6NO2/c16-11-7-9(3-6-12(11)25-15(20,21)22)13(23)8-1-4-10(5-2-8)24-14(17,18)19/h1-7,13H,23H2/t13-/m0/s1. The molecule has 10 heteroatoms. The summed E-state index contributed by atoms with van der Waals surface area (Å²) in [5.74, 6) is -1.01. The fraction of sp³-hybridized carbons (Fsp3) is 0.200. The highest BCUT2D eigenvalue weighted by atomic mass is 35.5. The van der Waals surface area contributed by atoms with E-state index in [-0.39, 0.29) is 5.02 Å². The molecule has 0 bridgehead atoms. The predicted molar refractivity (Wildman–Crippen MR) is 77.3 cm³/mol. The maximum Gasteiger partial charge on any atom is 0.573 e. The molecule has 136 valence electrons. The van der Waals surface area contributed by atoms with Gasteiger partial charge in [-0.05, 0) is 35.4 Å². The molecule has 0 saturated carbocycles. The van der Waals surface area contributed by atoms with Crippen LogP contribution in [0.4, 0.5) is 26.3 Å². The van der Waals surface area contributed by atoms with Crippen LogP contribution in [0.5, 0.6) is 11.5 Å². The number of hydrogen-bond acceptors (Lipinski definition) is 3. The lowest BCUT2D eigenvalue weighted by molar-refractivity contribution is -0.275. The van der Waals surface area contributed by atoms with Crippen molar-refractivity contribution >= 4 is 11.6 Å². The van der Waals surface area contributed by atoms with Gasteiger partial charge in [0.2, 0.25) is 0 Å². The summed E-state index contributed by atoms with van der Waals surface area (Å²) >= 11 is 5.74. The lowest BCUT2D eigenvalue weighted by Crippen LogP contribution is -2.18. The van der Waals surface area contributed by atoms with Crippen LogP contribution in [0.1, 0.15) is 17.2 Å². The quantitative estimate of drug-likeness (QED) is 0.737. The topological polar surface area (TPSA) is 44.5 Å². The number of rotatable bonds is 4. The number of halogens is 7. The van der Waals surface area contributed by atoms with Gasteiger partial charge in [0.25, 0.3) is 0 Å². The molecular formula is C15H10ClF6NO2. The number of nitrogens with two attached hydrogens (primary N) is 1. The van der Waals surface area contributed by atoms with Crippen LogP contribution in [0, 0.1) is 0 Å². The van der Waals surface area contributed by atoms with Crippen molar-refractivity contribution in [1.82, 2.24) is 0 Å². The molecule has 0 saturated heterocycles. The molecule has 0 spiro atoms. The van der Waals surface area contributed by atoms with Gasteiger partial charge in [0.15, 0.2) is 0 Å². The molecule has 0 aliphatic heterocycles. The van der Waals surface area contributed by atoms with Crippen LogP contribution in [0.3, 0.4) is 0 Å². The molecule has 0 radical (unpaired) electrons. The maximum atomic E-state index is 12.2. The van der Waals surface area contributed by atoms with Crippen molar-refractivity contribution < 1.29 is 35.8 Å². The highest BCUT2D eigenvalue weighted by Gasteiger charge is 2.32. The van der Waals surface area contributed by atoms with Gasteiger partial charge in [-0.1, -0.05) is 29.8 Å². The van der Waals surface area contributed by atoms with Crippen molar-refractivity contribution in [3.8, 4) is 11.5 Å². The van der Waals surface area contributed by atoms with Crippen LogP contribution in [0.2, 0.25) is 5.02 Å². The first-order chi connectivity index (χ1) is 11.4. The summed E-state index contributed by atoms with van der Waals surface area (Å²) in [7, 11) is 0. The molecule has 0 heterocycles. The molecule has 1 atom stereocenters. The summed E-state index contributed by atoms with van der Waals surface area (Å²) in [6.07, 6.45) is -9.70. The third-order valence-corrected chi connectivity index (χ3v) is 3.31. The molecule has 25 heavy (non-hydrogen) atoms. The molecule has 0 aliphatic carbocycles. The predicted octanol–water partition coefficient (Wildman–Crippen LogP) is 5.19. The average molecular weight is 386 g/mol. The van der Waals surface area contributed by atoms with E-state index in [9.17, 15) is 26.3 Å². The van der Waals surface area contributed by atoms with Gasteiger partial charge in [-0.3, -0.25) is 0 Å². The Morgan fingerprint density at radius 1 is 0.800 bits per heavy atom. The normalized spacial score (nSPS) is 13.4. The molecule has 0 aliphatic rings. The van der Waals surface area contributed by atoms with Crippen molar-refractivity contribution in [2.45, 2.75) is 18.8 Å². The van der Waals surface area contributed by atoms with E-state index in [1.165, 1.54) is 24.3 Å². The third kappa shape index (κ3) is 5.71. The van der Waals surface area contributed by atoms with E-state index in [2.05, 4.69) is 9.47 Å². The lowest BCUT2D eigenvalue weighted by Gasteiger charge is -2.16. The van der Waals surface area contributed by atoms with Crippen LogP contribution in [0.15, 0.2) is 42.5 Å². The highest BCUT2D eigenvalue weighted by Crippen LogP contribution is 2.33. The zero-order valence-electron chi connectivity index (χ0n) is 12.2. The Kier molecular flexibility index (Phi) is 5.38. The van der Waals surface area contributed by atoms with E-state index in [1.807, 2.05) is 0 Å². The first-order valence-corrected chi connectivity index (χ1v) is 6.99. The molecule has 0 unspecified atom stereocenters. The molecule has 0 aromatic heterocycles. The van der Waals surface area contributed by atoms with Crippen LogP contribution >= 0.6 is 11.6 Å². The van der Waals surface area contributed by atoms with E-state index in [4.69, 9.17) is 17.3 Å². The molecule has 2 aromatic rings. The third-order valence-electron chi connectivity index (χ3n) is 3.01. The van der Waals surface area contributed by atoms with E-state index in [0.29, 0.717) is 11.1 Å². The maximum absolute atomic E-state index is 12.2. The van der Waals surface area contributed by atoms with E-state index >= 15 is 0 Å². The van der Waals surface area contributed by atoms with Crippen molar-refractivity contribution in [2.75, 3.05) is 0 Å². The smallest absolute Gasteiger partial charge is 0.406 e. The Morgan fingerprint density at radius 3 is 1.80 bits per heavy atom. The summed E-state index contributed by atoms with van der Waals surface area (Å²) in [6.45, 7) is 0. The minimum absolute atomic E-state index is 0.303. The molecule has 2 aromatic carbocycles. The van der Waals surface area contributed by atoms with E-state index < -0.39 is 30.3 Å². The van der Waals surface area contributed by atoms with Gasteiger partial charge in [-0.15, -0.1) is 26.3 Å². The molecule has 3 nitrogen and oxygen atoms in total. The van der Waals surface area contributed by atoms with Crippen LogP contribution in [0.25, 0.3) is 0 Å². The number of alkyl halides is 6. The van der Waals surface area contributed by atoms with Crippen LogP contribution < -0.4 is 15.2 Å². The minimum atomic E-state index is -4.89. The number of ether oxygens (including phenoxy) is 2. The molecule has 2 rings (SSSR count). The SMILES string of the molecule is N[C@@H](c1ccc(OC(F)(F)F)cc1)c1ccc(OC(F)(F)F)c(Cl)c1. The first kappa shape index (κ1) is 19.2. The van der Waals surface area contributed by atoms with Gasteiger partial charge in [0.05, 0.1) is 11.1 Å². The second-order valence-electron chi connectivity index (χ2n) is 4.83. The number of benzene rings is 2. The van der Waals surface area contributed by atoms with Crippen LogP contribution in [-0.4, -0.2) is 12.7 Å². The second-order valence-corrected chi connectivity index (χ2v) is 5.24. The lowest BCUT2D eigenvalue weighted by atomic mass is 9.99. The zero-order valence-corrected chi connectivity index (χ0v) is 12.9. The first-order valence-electron chi connectivity index (χ1n) is 6.61. The summed E-state index contributed by atoms with van der Waals surface area (Å²) in [6, 6.07) is 7.41. The van der Waals surface area contributed by atoms with Crippen molar-refractivity contribution in [1.29, 1.82) is 0 Å². The molecule has 0 amide bonds. The van der Waals surface area contributed by atoms with Gasteiger partial charge in [-0.25, -0.2) is 0 Å². The molecule has 0 fully saturated rings. The average Bonchev–Trinajstić information content (AvgIpc) is 2.46. The van der Waals surface area contributed by atoms with Crippen molar-refractivity contribution in [3.05, 3.63) is 58.6 Å². The molecular weight excluding hydrogens is 376 g/mol. The Balaban J connectivity index is 2.17. The Bertz CT molecular complexity index is 730. The largest absolute Gasteiger partial charge is 0.573 e. The van der Waals surface area contributed by atoms with Gasteiger partial charge < -0.3 is 15.2 Å². The highest BCUT2D eigenvalue weighted by molar-refractivity contribution is 6.32. The Labute approximate surface area is 142 Å². The fourth-order valence-corrected chi connectivity index (χ4v) is 2.21. The van der Waals surface area contributed by atoms with Gasteiger partial charge in [0, 0.05) is 0 Å². The van der Waals surface area contributed by atoms with E-state index in [0.717, 1.165) is 18.2 Å². The summed E-state index contributed by atoms with van der Waals surface area (Å²) < 4.78 is 80.4. The minimum Gasteiger partial charge on any atom is -0.406 e. The number of hydrogen-bond donors (Lipinski definition) is 1. The Hall–Kier alpha value is -2.13. The summed E-state index contributed by atoms with van der Waals surface area (Å²) in [4.78, 5) is 0. The summed E-state index contributed by atoms with van der Waals surface area (Å²) in [5, 5.41) is -0.303. The Morgan fingerprint density at radius 2 is 1.32 bits per heavy atom. The zero-order chi connectivity index (χ0) is 18.8. The van der Waals surface area contributed by atoms with Gasteiger partial charge >= 0.3 is 12.7 Å². The van der Waals surface area contributed by atoms with Crippen LogP contribution in [-0.2, 0) is 0 Å². The molecule has 2 N–H and O–H groups in total. The van der Waals surface area contributed by atoms with Crippen molar-refractivity contribution in [2.24, 2.45) is 5.73 Å². The fourth-order valence-electron chi connectivity index (χ4n) is 1.99. The van der Waals surface area contributed by atoms with E-state index in [1.54, 1.807) is 0 Å². The monoisotopic (exact) mass is 385 g/mol.